The molecule has 246 valence electrons. The Morgan fingerprint density at radius 1 is 0.528 bits per heavy atom. The van der Waals surface area contributed by atoms with Gasteiger partial charge in [0.25, 0.3) is 0 Å². The van der Waals surface area contributed by atoms with E-state index in [4.69, 9.17) is 14.4 Å². The highest BCUT2D eigenvalue weighted by Crippen LogP contribution is 2.47. The number of hydrogen-bond donors (Lipinski definition) is 0. The van der Waals surface area contributed by atoms with Crippen LogP contribution in [0.1, 0.15) is 0 Å². The van der Waals surface area contributed by atoms with Crippen LogP contribution in [0.15, 0.2) is 168 Å². The van der Waals surface area contributed by atoms with Gasteiger partial charge < -0.3 is 4.42 Å². The molecule has 0 radical (unpaired) electrons. The third kappa shape index (κ3) is 4.05. The first-order valence-corrected chi connectivity index (χ1v) is 18.7. The summed E-state index contributed by atoms with van der Waals surface area (Å²) in [6.45, 7) is 0. The third-order valence-corrected chi connectivity index (χ3v) is 12.0. The molecule has 0 saturated heterocycles. The lowest BCUT2D eigenvalue weighted by atomic mass is 9.93. The summed E-state index contributed by atoms with van der Waals surface area (Å²) >= 11 is 1.76. The third-order valence-electron chi connectivity index (χ3n) is 10.8. The Morgan fingerprint density at radius 2 is 1.25 bits per heavy atom. The molecule has 12 aromatic rings. The van der Waals surface area contributed by atoms with Gasteiger partial charge in [-0.15, -0.1) is 11.3 Å². The number of fused-ring (bicyclic) bond motifs is 12. The van der Waals surface area contributed by atoms with Crippen LogP contribution < -0.4 is 0 Å². The van der Waals surface area contributed by atoms with Crippen LogP contribution in [0.2, 0.25) is 0 Å². The van der Waals surface area contributed by atoms with Crippen molar-refractivity contribution in [1.82, 2.24) is 14.5 Å². The number of furan rings is 1. The lowest BCUT2D eigenvalue weighted by molar-refractivity contribution is 0.670. The summed E-state index contributed by atoms with van der Waals surface area (Å²) in [5, 5.41) is 10.4. The Kier molecular flexibility index (Phi) is 5.90. The zero-order chi connectivity index (χ0) is 34.6. The lowest BCUT2D eigenvalue weighted by Crippen LogP contribution is -2.03. The molecule has 0 spiro atoms. The van der Waals surface area contributed by atoms with E-state index in [1.807, 2.05) is 6.07 Å². The highest BCUT2D eigenvalue weighted by molar-refractivity contribution is 7.26. The molecule has 0 fully saturated rings. The molecule has 0 atom stereocenters. The monoisotopic (exact) mass is 693 g/mol. The Bertz CT molecular complexity index is 3460. The van der Waals surface area contributed by atoms with Crippen molar-refractivity contribution in [2.45, 2.75) is 0 Å². The first-order chi connectivity index (χ1) is 26.3. The zero-order valence-corrected chi connectivity index (χ0v) is 29.1. The molecule has 4 aromatic heterocycles. The fourth-order valence-corrected chi connectivity index (χ4v) is 9.66. The minimum Gasteiger partial charge on any atom is -0.455 e. The van der Waals surface area contributed by atoms with Crippen LogP contribution in [0.4, 0.5) is 0 Å². The molecule has 0 aliphatic heterocycles. The molecule has 5 heteroatoms. The number of para-hydroxylation sites is 2. The highest BCUT2D eigenvalue weighted by Gasteiger charge is 2.25. The van der Waals surface area contributed by atoms with Gasteiger partial charge in [0.05, 0.1) is 26.9 Å². The van der Waals surface area contributed by atoms with Crippen LogP contribution in [0.25, 0.3) is 114 Å². The number of nitrogens with zero attached hydrogens (tertiary/aromatic N) is 3. The van der Waals surface area contributed by atoms with Gasteiger partial charge in [-0.05, 0) is 45.8 Å². The van der Waals surface area contributed by atoms with Crippen molar-refractivity contribution >= 4 is 96.9 Å². The molecule has 0 aliphatic carbocycles. The summed E-state index contributed by atoms with van der Waals surface area (Å²) < 4.78 is 11.4. The van der Waals surface area contributed by atoms with Crippen molar-refractivity contribution in [3.8, 4) is 28.3 Å². The van der Waals surface area contributed by atoms with E-state index in [2.05, 4.69) is 162 Å². The topological polar surface area (TPSA) is 43.9 Å². The molecular formula is C48H27N3OS. The summed E-state index contributed by atoms with van der Waals surface area (Å²) in [5.74, 6) is 0.642. The second-order valence-electron chi connectivity index (χ2n) is 13.7. The van der Waals surface area contributed by atoms with Crippen LogP contribution in [0.5, 0.6) is 0 Å². The van der Waals surface area contributed by atoms with Crippen molar-refractivity contribution in [3.05, 3.63) is 164 Å². The Balaban J connectivity index is 1.30. The van der Waals surface area contributed by atoms with E-state index in [1.165, 1.54) is 26.2 Å². The molecule has 0 unspecified atom stereocenters. The smallest absolute Gasteiger partial charge is 0.235 e. The number of hydrogen-bond acceptors (Lipinski definition) is 4. The molecule has 4 nitrogen and oxygen atoms in total. The van der Waals surface area contributed by atoms with Gasteiger partial charge >= 0.3 is 0 Å². The van der Waals surface area contributed by atoms with Crippen LogP contribution >= 0.6 is 11.3 Å². The van der Waals surface area contributed by atoms with Crippen LogP contribution in [0.3, 0.4) is 0 Å². The second kappa shape index (κ2) is 10.8. The van der Waals surface area contributed by atoms with Gasteiger partial charge in [0.15, 0.2) is 0 Å². The largest absolute Gasteiger partial charge is 0.455 e. The van der Waals surface area contributed by atoms with E-state index in [0.29, 0.717) is 5.95 Å². The van der Waals surface area contributed by atoms with Gasteiger partial charge in [-0.3, -0.25) is 4.57 Å². The first kappa shape index (κ1) is 28.8. The van der Waals surface area contributed by atoms with Crippen molar-refractivity contribution < 1.29 is 4.42 Å². The van der Waals surface area contributed by atoms with E-state index in [9.17, 15) is 0 Å². The van der Waals surface area contributed by atoms with Gasteiger partial charge in [-0.2, -0.15) is 0 Å². The molecule has 0 N–H and O–H groups in total. The molecular weight excluding hydrogens is 667 g/mol. The molecule has 12 rings (SSSR count). The van der Waals surface area contributed by atoms with Crippen LogP contribution in [0, 0.1) is 0 Å². The van der Waals surface area contributed by atoms with Crippen LogP contribution in [-0.4, -0.2) is 14.5 Å². The fourth-order valence-electron chi connectivity index (χ4n) is 8.51. The summed E-state index contributed by atoms with van der Waals surface area (Å²) in [4.78, 5) is 11.0. The number of thiophene rings is 1. The highest BCUT2D eigenvalue weighted by atomic mass is 32.1. The Hall–Kier alpha value is -6.82. The Labute approximate surface area is 306 Å². The maximum Gasteiger partial charge on any atom is 0.235 e. The van der Waals surface area contributed by atoms with Gasteiger partial charge in [0.2, 0.25) is 5.95 Å². The molecule has 8 aromatic carbocycles. The quantitative estimate of drug-likeness (QED) is 0.185. The van der Waals surface area contributed by atoms with Crippen molar-refractivity contribution in [3.63, 3.8) is 0 Å². The van der Waals surface area contributed by atoms with E-state index in [-0.39, 0.29) is 0 Å². The minimum absolute atomic E-state index is 0.642. The summed E-state index contributed by atoms with van der Waals surface area (Å²) in [6.07, 6.45) is 0. The molecule has 0 amide bonds. The summed E-state index contributed by atoms with van der Waals surface area (Å²) in [7, 11) is 0. The average molecular weight is 694 g/mol. The summed E-state index contributed by atoms with van der Waals surface area (Å²) in [6, 6.07) is 58.1. The number of benzene rings is 8. The van der Waals surface area contributed by atoms with Gasteiger partial charge in [-0.25, -0.2) is 9.97 Å². The minimum atomic E-state index is 0.642. The van der Waals surface area contributed by atoms with Gasteiger partial charge in [0.1, 0.15) is 11.2 Å². The van der Waals surface area contributed by atoms with Gasteiger partial charge in [0, 0.05) is 48.3 Å². The predicted molar refractivity (Wildman–Crippen MR) is 222 cm³/mol. The maximum absolute atomic E-state index is 6.82. The van der Waals surface area contributed by atoms with Crippen molar-refractivity contribution in [2.24, 2.45) is 0 Å². The Morgan fingerprint density at radius 3 is 2.13 bits per heavy atom. The SMILES string of the molecule is c1ccc(-c2nc(-n3c4ccc5ccccc5c4c4cccc(-c5c6ccccc6cc6c5oc5ccccc56)c43)nc3c2sc2ccccc23)cc1. The standard InChI is InChI=1S/C48H27N3OS/c1-2-14-29(15-3-1)43-47-44(34-20-9-11-24-40(34)53-47)50-48(49-43)51-38-26-25-28-13-4-6-17-31(28)41(38)35-21-12-22-36(45(35)51)42-32-18-7-5-16-30(32)27-37-33-19-8-10-23-39(33)52-46(37)42/h1-27H. The van der Waals surface area contributed by atoms with E-state index in [1.54, 1.807) is 11.3 Å². The number of rotatable bonds is 3. The normalized spacial score (nSPS) is 12.2. The molecule has 0 aliphatic rings. The molecule has 53 heavy (non-hydrogen) atoms. The molecule has 0 bridgehead atoms. The fraction of sp³-hybridized carbons (Fsp3) is 0. The van der Waals surface area contributed by atoms with Crippen molar-refractivity contribution in [1.29, 1.82) is 0 Å². The first-order valence-electron chi connectivity index (χ1n) is 17.8. The van der Waals surface area contributed by atoms with Crippen molar-refractivity contribution in [2.75, 3.05) is 0 Å². The maximum atomic E-state index is 6.82. The zero-order valence-electron chi connectivity index (χ0n) is 28.2. The average Bonchev–Trinajstić information content (AvgIpc) is 3.90. The summed E-state index contributed by atoms with van der Waals surface area (Å²) in [5.41, 5.74) is 8.98. The van der Waals surface area contributed by atoms with Crippen LogP contribution in [-0.2, 0) is 0 Å². The number of aromatic nitrogens is 3. The van der Waals surface area contributed by atoms with E-state index in [0.717, 1.165) is 81.7 Å². The molecule has 4 heterocycles. The second-order valence-corrected chi connectivity index (χ2v) is 14.7. The molecule has 0 saturated carbocycles. The van der Waals surface area contributed by atoms with E-state index < -0.39 is 0 Å². The van der Waals surface area contributed by atoms with Gasteiger partial charge in [-0.1, -0.05) is 140 Å². The lowest BCUT2D eigenvalue weighted by Gasteiger charge is -2.14. The van der Waals surface area contributed by atoms with E-state index >= 15 is 0 Å². The predicted octanol–water partition coefficient (Wildman–Crippen LogP) is 13.5.